The van der Waals surface area contributed by atoms with Crippen molar-refractivity contribution in [3.8, 4) is 11.5 Å². The molecule has 1 aromatic heterocycles. The van der Waals surface area contributed by atoms with Gasteiger partial charge in [0, 0.05) is 31.7 Å². The maximum Gasteiger partial charge on any atom is 0.314 e. The average Bonchev–Trinajstić information content (AvgIpc) is 3.26. The lowest BCUT2D eigenvalue weighted by molar-refractivity contribution is 0.111. The van der Waals surface area contributed by atoms with E-state index in [0.717, 1.165) is 30.7 Å². The van der Waals surface area contributed by atoms with Gasteiger partial charge < -0.3 is 19.8 Å². The number of hydrogen-bond acceptors (Lipinski definition) is 4. The van der Waals surface area contributed by atoms with Crippen LogP contribution < -0.4 is 10.6 Å². The first-order valence-electron chi connectivity index (χ1n) is 7.94. The van der Waals surface area contributed by atoms with Crippen molar-refractivity contribution in [3.05, 3.63) is 42.3 Å². The average molecular weight is 315 g/mol. The molecule has 0 spiro atoms. The Labute approximate surface area is 135 Å². The second-order valence-electron chi connectivity index (χ2n) is 5.53. The number of oxazole rings is 1. The van der Waals surface area contributed by atoms with Crippen molar-refractivity contribution in [3.63, 3.8) is 0 Å². The summed E-state index contributed by atoms with van der Waals surface area (Å²) in [5, 5.41) is 5.64. The van der Waals surface area contributed by atoms with Crippen molar-refractivity contribution in [2.75, 3.05) is 19.7 Å². The third-order valence-corrected chi connectivity index (χ3v) is 3.75. The first kappa shape index (κ1) is 15.6. The second-order valence-corrected chi connectivity index (χ2v) is 5.53. The van der Waals surface area contributed by atoms with Crippen molar-refractivity contribution in [2.45, 2.75) is 25.4 Å². The highest BCUT2D eigenvalue weighted by atomic mass is 16.5. The number of nitrogens with zero attached hydrogens (tertiary/aromatic N) is 1. The van der Waals surface area contributed by atoms with Crippen LogP contribution in [0.3, 0.4) is 0 Å². The smallest absolute Gasteiger partial charge is 0.314 e. The summed E-state index contributed by atoms with van der Waals surface area (Å²) in [4.78, 5) is 16.1. The summed E-state index contributed by atoms with van der Waals surface area (Å²) < 4.78 is 10.9. The normalized spacial score (nSPS) is 17.1. The topological polar surface area (TPSA) is 76.4 Å². The van der Waals surface area contributed by atoms with Crippen molar-refractivity contribution in [1.29, 1.82) is 0 Å². The van der Waals surface area contributed by atoms with Crippen molar-refractivity contribution < 1.29 is 13.9 Å². The fourth-order valence-corrected chi connectivity index (χ4v) is 2.51. The zero-order valence-corrected chi connectivity index (χ0v) is 13.0. The van der Waals surface area contributed by atoms with Gasteiger partial charge in [-0.3, -0.25) is 0 Å². The third-order valence-electron chi connectivity index (χ3n) is 3.75. The number of rotatable bonds is 6. The van der Waals surface area contributed by atoms with Gasteiger partial charge in [-0.05, 0) is 25.0 Å². The molecule has 2 N–H and O–H groups in total. The number of benzene rings is 1. The molecule has 1 saturated heterocycles. The van der Waals surface area contributed by atoms with E-state index in [1.165, 1.54) is 0 Å². The molecule has 6 nitrogen and oxygen atoms in total. The summed E-state index contributed by atoms with van der Waals surface area (Å²) in [7, 11) is 0. The first-order valence-corrected chi connectivity index (χ1v) is 7.94. The molecule has 2 amide bonds. The number of nitrogens with one attached hydrogen (secondary N) is 2. The van der Waals surface area contributed by atoms with E-state index >= 15 is 0 Å². The van der Waals surface area contributed by atoms with Crippen molar-refractivity contribution >= 4 is 6.03 Å². The molecule has 0 radical (unpaired) electrons. The first-order chi connectivity index (χ1) is 11.3. The molecule has 2 heterocycles. The molecular formula is C17H21N3O3. The molecule has 2 aromatic rings. The highest BCUT2D eigenvalue weighted by Crippen LogP contribution is 2.17. The molecule has 23 heavy (non-hydrogen) atoms. The molecule has 1 fully saturated rings. The van der Waals surface area contributed by atoms with Crippen LogP contribution in [0.2, 0.25) is 0 Å². The molecule has 122 valence electrons. The zero-order valence-electron chi connectivity index (χ0n) is 13.0. The van der Waals surface area contributed by atoms with E-state index in [2.05, 4.69) is 15.6 Å². The number of urea groups is 1. The third kappa shape index (κ3) is 4.56. The molecule has 0 saturated carbocycles. The van der Waals surface area contributed by atoms with E-state index in [0.29, 0.717) is 25.4 Å². The number of aromatic nitrogens is 1. The highest BCUT2D eigenvalue weighted by molar-refractivity contribution is 5.73. The Bertz CT molecular complexity index is 621. The van der Waals surface area contributed by atoms with Crippen LogP contribution in [0, 0.1) is 0 Å². The lowest BCUT2D eigenvalue weighted by atomic mass is 10.2. The Morgan fingerprint density at radius 1 is 1.26 bits per heavy atom. The summed E-state index contributed by atoms with van der Waals surface area (Å²) in [6.45, 7) is 1.87. The molecule has 1 aromatic carbocycles. The van der Waals surface area contributed by atoms with Crippen LogP contribution in [0.5, 0.6) is 0 Å². The van der Waals surface area contributed by atoms with Crippen LogP contribution in [-0.2, 0) is 11.2 Å². The molecule has 3 rings (SSSR count). The van der Waals surface area contributed by atoms with Crippen LogP contribution >= 0.6 is 0 Å². The Morgan fingerprint density at radius 2 is 2.13 bits per heavy atom. The van der Waals surface area contributed by atoms with Crippen LogP contribution in [0.15, 0.2) is 41.0 Å². The summed E-state index contributed by atoms with van der Waals surface area (Å²) in [5.74, 6) is 0.600. The quantitative estimate of drug-likeness (QED) is 0.858. The molecule has 6 heteroatoms. The van der Waals surface area contributed by atoms with Crippen molar-refractivity contribution in [1.82, 2.24) is 15.6 Å². The summed E-state index contributed by atoms with van der Waals surface area (Å²) >= 11 is 0. The van der Waals surface area contributed by atoms with Gasteiger partial charge in [-0.2, -0.15) is 0 Å². The predicted molar refractivity (Wildman–Crippen MR) is 86.0 cm³/mol. The zero-order chi connectivity index (χ0) is 15.9. The Balaban J connectivity index is 1.39. The maximum atomic E-state index is 11.7. The summed E-state index contributed by atoms with van der Waals surface area (Å²) in [6.07, 6.45) is 4.51. The predicted octanol–water partition coefficient (Wildman–Crippen LogP) is 2.36. The van der Waals surface area contributed by atoms with Crippen LogP contribution in [0.4, 0.5) is 4.79 Å². The highest BCUT2D eigenvalue weighted by Gasteiger charge is 2.15. The Kier molecular flexibility index (Phi) is 5.26. The SMILES string of the molecule is O=C(NCCc1coc(-c2ccccc2)n1)NC[C@H]1CCCO1. The van der Waals surface area contributed by atoms with Gasteiger partial charge in [0.05, 0.1) is 11.8 Å². The van der Waals surface area contributed by atoms with E-state index in [1.54, 1.807) is 6.26 Å². The summed E-state index contributed by atoms with van der Waals surface area (Å²) in [6, 6.07) is 9.57. The van der Waals surface area contributed by atoms with E-state index in [-0.39, 0.29) is 12.1 Å². The van der Waals surface area contributed by atoms with Gasteiger partial charge in [-0.25, -0.2) is 9.78 Å². The molecule has 1 atom stereocenters. The fourth-order valence-electron chi connectivity index (χ4n) is 2.51. The number of ether oxygens (including phenoxy) is 1. The van der Waals surface area contributed by atoms with E-state index in [4.69, 9.17) is 9.15 Å². The van der Waals surface area contributed by atoms with E-state index in [9.17, 15) is 4.79 Å². The van der Waals surface area contributed by atoms with E-state index in [1.807, 2.05) is 30.3 Å². The van der Waals surface area contributed by atoms with Gasteiger partial charge >= 0.3 is 6.03 Å². The van der Waals surface area contributed by atoms with Crippen molar-refractivity contribution in [2.24, 2.45) is 0 Å². The van der Waals surface area contributed by atoms with Crippen LogP contribution in [-0.4, -0.2) is 36.8 Å². The van der Waals surface area contributed by atoms with Crippen LogP contribution in [0.25, 0.3) is 11.5 Å². The monoisotopic (exact) mass is 315 g/mol. The maximum absolute atomic E-state index is 11.7. The number of carbonyl (C=O) groups excluding carboxylic acids is 1. The van der Waals surface area contributed by atoms with Gasteiger partial charge in [0.1, 0.15) is 6.26 Å². The fraction of sp³-hybridized carbons (Fsp3) is 0.412. The van der Waals surface area contributed by atoms with Gasteiger partial charge in [0.25, 0.3) is 0 Å². The van der Waals surface area contributed by atoms with Crippen LogP contribution in [0.1, 0.15) is 18.5 Å². The Hall–Kier alpha value is -2.34. The second kappa shape index (κ2) is 7.78. The van der Waals surface area contributed by atoms with Gasteiger partial charge in [0.15, 0.2) is 0 Å². The van der Waals surface area contributed by atoms with Gasteiger partial charge in [0.2, 0.25) is 5.89 Å². The van der Waals surface area contributed by atoms with E-state index < -0.39 is 0 Å². The lowest BCUT2D eigenvalue weighted by Crippen LogP contribution is -2.40. The minimum Gasteiger partial charge on any atom is -0.444 e. The lowest BCUT2D eigenvalue weighted by Gasteiger charge is -2.11. The Morgan fingerprint density at radius 3 is 2.91 bits per heavy atom. The molecule has 0 unspecified atom stereocenters. The molecular weight excluding hydrogens is 294 g/mol. The largest absolute Gasteiger partial charge is 0.444 e. The number of amides is 2. The molecule has 1 aliphatic rings. The summed E-state index contributed by atoms with van der Waals surface area (Å²) in [5.41, 5.74) is 1.77. The minimum absolute atomic E-state index is 0.157. The molecule has 0 bridgehead atoms. The molecule has 1 aliphatic heterocycles. The number of carbonyl (C=O) groups is 1. The van der Waals surface area contributed by atoms with Gasteiger partial charge in [-0.1, -0.05) is 18.2 Å². The standard InChI is InChI=1S/C17H21N3O3/c21-17(19-11-15-7-4-10-22-15)18-9-8-14-12-23-16(20-14)13-5-2-1-3-6-13/h1-3,5-6,12,15H,4,7-11H2,(H2,18,19,21)/t15-/m1/s1. The van der Waals surface area contributed by atoms with Gasteiger partial charge in [-0.15, -0.1) is 0 Å². The molecule has 0 aliphatic carbocycles. The number of hydrogen-bond donors (Lipinski definition) is 2. The minimum atomic E-state index is -0.174.